The number of hydrogen-bond acceptors (Lipinski definition) is 2. The Morgan fingerprint density at radius 1 is 1.21 bits per heavy atom. The zero-order chi connectivity index (χ0) is 19.7. The van der Waals surface area contributed by atoms with Crippen molar-refractivity contribution in [2.45, 2.75) is 75.9 Å². The van der Waals surface area contributed by atoms with Crippen LogP contribution in [0.2, 0.25) is 0 Å². The summed E-state index contributed by atoms with van der Waals surface area (Å²) in [7, 11) is 0. The lowest BCUT2D eigenvalue weighted by atomic mass is 9.58. The lowest BCUT2D eigenvalue weighted by Gasteiger charge is -2.53. The molecule has 6 rings (SSSR count). The zero-order valence-corrected chi connectivity index (χ0v) is 17.5. The van der Waals surface area contributed by atoms with Gasteiger partial charge in [-0.1, -0.05) is 48.9 Å². The molecule has 3 aliphatic carbocycles. The van der Waals surface area contributed by atoms with Crippen LogP contribution in [0.15, 0.2) is 71.6 Å². The molecule has 2 heteroatoms. The lowest BCUT2D eigenvalue weighted by Crippen LogP contribution is -2.53. The normalized spacial score (nSPS) is 39.8. The number of ether oxygens (including phenoxy) is 1. The Morgan fingerprint density at radius 3 is 3.00 bits per heavy atom. The Bertz CT molecular complexity index is 970. The first-order chi connectivity index (χ1) is 14.0. The number of pyridine rings is 1. The molecule has 4 atom stereocenters. The Balaban J connectivity index is 1.32. The zero-order valence-electron chi connectivity index (χ0n) is 17.5. The fourth-order valence-corrected chi connectivity index (χ4v) is 7.22. The molecule has 3 heterocycles. The van der Waals surface area contributed by atoms with Gasteiger partial charge in [0.2, 0.25) is 0 Å². The summed E-state index contributed by atoms with van der Waals surface area (Å²) in [6.07, 6.45) is 21.7. The molecular weight excluding hydrogens is 354 g/mol. The van der Waals surface area contributed by atoms with E-state index in [4.69, 9.17) is 4.74 Å². The van der Waals surface area contributed by atoms with Crippen LogP contribution in [0.4, 0.5) is 0 Å². The predicted molar refractivity (Wildman–Crippen MR) is 116 cm³/mol. The largest absolute Gasteiger partial charge is 0.359 e. The van der Waals surface area contributed by atoms with E-state index in [2.05, 4.69) is 42.8 Å². The molecule has 0 amide bonds. The average molecular weight is 386 g/mol. The summed E-state index contributed by atoms with van der Waals surface area (Å²) in [6, 6.07) is 4.25. The Hall–Kier alpha value is -1.93. The molecule has 150 valence electrons. The second-order valence-corrected chi connectivity index (χ2v) is 10.2. The van der Waals surface area contributed by atoms with Crippen molar-refractivity contribution in [2.75, 3.05) is 0 Å². The maximum atomic E-state index is 7.20. The molecule has 1 unspecified atom stereocenters. The third kappa shape index (κ3) is 2.42. The van der Waals surface area contributed by atoms with Crippen LogP contribution in [0.3, 0.4) is 0 Å². The van der Waals surface area contributed by atoms with Crippen LogP contribution in [0.25, 0.3) is 0 Å². The van der Waals surface area contributed by atoms with Crippen LogP contribution in [-0.2, 0) is 11.2 Å². The van der Waals surface area contributed by atoms with Crippen molar-refractivity contribution < 1.29 is 4.74 Å². The SMILES string of the molecule is C=C1CCC2=CC3=CC[C@]4(C)C(CCc5cccnc5)=CC[C@H]4C34CC[C@]2(C1)O4. The van der Waals surface area contributed by atoms with Crippen molar-refractivity contribution in [2.24, 2.45) is 11.3 Å². The van der Waals surface area contributed by atoms with E-state index in [1.54, 1.807) is 11.1 Å². The molecule has 2 bridgehead atoms. The summed E-state index contributed by atoms with van der Waals surface area (Å²) in [6.45, 7) is 6.84. The smallest absolute Gasteiger partial charge is 0.0980 e. The topological polar surface area (TPSA) is 22.1 Å². The average Bonchev–Trinajstić information content (AvgIpc) is 3.22. The van der Waals surface area contributed by atoms with Gasteiger partial charge in [-0.25, -0.2) is 0 Å². The first-order valence-electron chi connectivity index (χ1n) is 11.4. The second-order valence-electron chi connectivity index (χ2n) is 10.2. The first kappa shape index (κ1) is 17.9. The highest BCUT2D eigenvalue weighted by Gasteiger charge is 2.64. The molecule has 29 heavy (non-hydrogen) atoms. The summed E-state index contributed by atoms with van der Waals surface area (Å²) >= 11 is 0. The Labute approximate surface area is 174 Å². The fourth-order valence-electron chi connectivity index (χ4n) is 7.22. The molecule has 0 aromatic carbocycles. The molecule has 5 aliphatic rings. The number of fused-ring (bicyclic) bond motifs is 1. The van der Waals surface area contributed by atoms with Crippen molar-refractivity contribution in [1.29, 1.82) is 0 Å². The van der Waals surface area contributed by atoms with Gasteiger partial charge in [-0.05, 0) is 79.6 Å². The van der Waals surface area contributed by atoms with E-state index >= 15 is 0 Å². The van der Waals surface area contributed by atoms with Gasteiger partial charge in [-0.15, -0.1) is 0 Å². The quantitative estimate of drug-likeness (QED) is 0.573. The second kappa shape index (κ2) is 6.04. The molecule has 2 aliphatic heterocycles. The third-order valence-electron chi connectivity index (χ3n) is 8.78. The number of hydrogen-bond donors (Lipinski definition) is 0. The van der Waals surface area contributed by atoms with Crippen molar-refractivity contribution in [3.8, 4) is 0 Å². The predicted octanol–water partition coefficient (Wildman–Crippen LogP) is 6.27. The van der Waals surface area contributed by atoms with Crippen LogP contribution >= 0.6 is 0 Å². The lowest BCUT2D eigenvalue weighted by molar-refractivity contribution is -0.125. The van der Waals surface area contributed by atoms with Gasteiger partial charge in [0.1, 0.15) is 0 Å². The standard InChI is InChI=1S/C27H31NO/c1-19-5-7-22-16-23-11-12-25(2)21(8-6-20-4-3-15-28-18-20)9-10-24(25)27(23)14-13-26(22,17-19)29-27/h3-4,9,11,15-16,18,24H,1,5-8,10,12-14,17H2,2H3/t24-,25-,26-,27?/m1/s1. The highest BCUT2D eigenvalue weighted by Crippen LogP contribution is 2.66. The van der Waals surface area contributed by atoms with Gasteiger partial charge in [0, 0.05) is 24.7 Å². The number of nitrogens with zero attached hydrogens (tertiary/aromatic N) is 1. The van der Waals surface area contributed by atoms with E-state index < -0.39 is 0 Å². The third-order valence-corrected chi connectivity index (χ3v) is 8.78. The molecule has 2 nitrogen and oxygen atoms in total. The molecule has 2 spiro atoms. The van der Waals surface area contributed by atoms with Crippen LogP contribution in [0.1, 0.15) is 63.9 Å². The number of aryl methyl sites for hydroxylation is 1. The van der Waals surface area contributed by atoms with Gasteiger partial charge in [-0.3, -0.25) is 4.98 Å². The van der Waals surface area contributed by atoms with Gasteiger partial charge < -0.3 is 4.74 Å². The number of rotatable bonds is 3. The summed E-state index contributed by atoms with van der Waals surface area (Å²) < 4.78 is 7.20. The minimum absolute atomic E-state index is 0.0383. The minimum Gasteiger partial charge on any atom is -0.359 e. The Morgan fingerprint density at radius 2 is 2.14 bits per heavy atom. The molecular formula is C27H31NO. The molecule has 1 aromatic rings. The van der Waals surface area contributed by atoms with Crippen LogP contribution in [-0.4, -0.2) is 16.2 Å². The van der Waals surface area contributed by atoms with Crippen molar-refractivity contribution in [1.82, 2.24) is 4.98 Å². The summed E-state index contributed by atoms with van der Waals surface area (Å²) in [5.74, 6) is 0.575. The van der Waals surface area contributed by atoms with E-state index in [1.807, 2.05) is 18.5 Å². The maximum Gasteiger partial charge on any atom is 0.0980 e. The molecule has 0 radical (unpaired) electrons. The molecule has 1 aromatic heterocycles. The number of allylic oxidation sites excluding steroid dienone is 3. The molecule has 2 fully saturated rings. The molecule has 1 saturated heterocycles. The summed E-state index contributed by atoms with van der Waals surface area (Å²) in [4.78, 5) is 4.29. The fraction of sp³-hybridized carbons (Fsp3) is 0.519. The minimum atomic E-state index is -0.0688. The van der Waals surface area contributed by atoms with Gasteiger partial charge in [0.05, 0.1) is 11.2 Å². The first-order valence-corrected chi connectivity index (χ1v) is 11.4. The van der Waals surface area contributed by atoms with Gasteiger partial charge in [0.15, 0.2) is 0 Å². The highest BCUT2D eigenvalue weighted by molar-refractivity contribution is 5.50. The summed E-state index contributed by atoms with van der Waals surface area (Å²) in [5, 5.41) is 0. The van der Waals surface area contributed by atoms with Crippen LogP contribution in [0, 0.1) is 11.3 Å². The van der Waals surface area contributed by atoms with Crippen LogP contribution in [0.5, 0.6) is 0 Å². The van der Waals surface area contributed by atoms with Gasteiger partial charge >= 0.3 is 0 Å². The van der Waals surface area contributed by atoms with Crippen LogP contribution < -0.4 is 0 Å². The van der Waals surface area contributed by atoms with Crippen molar-refractivity contribution in [3.63, 3.8) is 0 Å². The van der Waals surface area contributed by atoms with E-state index in [-0.39, 0.29) is 16.6 Å². The number of aromatic nitrogens is 1. The summed E-state index contributed by atoms with van der Waals surface area (Å²) in [5.41, 5.74) is 7.54. The van der Waals surface area contributed by atoms with Gasteiger partial charge in [-0.2, -0.15) is 0 Å². The molecule has 0 N–H and O–H groups in total. The Kier molecular flexibility index (Phi) is 3.73. The van der Waals surface area contributed by atoms with E-state index in [0.29, 0.717) is 5.92 Å². The van der Waals surface area contributed by atoms with E-state index in [1.165, 1.54) is 29.6 Å². The van der Waals surface area contributed by atoms with Crippen molar-refractivity contribution in [3.05, 3.63) is 77.2 Å². The van der Waals surface area contributed by atoms with E-state index in [9.17, 15) is 0 Å². The highest BCUT2D eigenvalue weighted by atomic mass is 16.5. The van der Waals surface area contributed by atoms with Gasteiger partial charge in [0.25, 0.3) is 0 Å². The maximum absolute atomic E-state index is 7.20. The monoisotopic (exact) mass is 385 g/mol. The van der Waals surface area contributed by atoms with E-state index in [0.717, 1.165) is 44.9 Å². The molecule has 1 saturated carbocycles. The van der Waals surface area contributed by atoms with Crippen molar-refractivity contribution >= 4 is 0 Å².